The number of amides is 3. The van der Waals surface area contributed by atoms with Gasteiger partial charge >= 0.3 is 6.03 Å². The Hall–Kier alpha value is -3.81. The number of urea groups is 1. The van der Waals surface area contributed by atoms with Crippen molar-refractivity contribution in [3.8, 4) is 11.4 Å². The minimum absolute atomic E-state index is 0.0897. The molecule has 0 saturated heterocycles. The van der Waals surface area contributed by atoms with Crippen molar-refractivity contribution in [1.29, 1.82) is 0 Å². The second-order valence-corrected chi connectivity index (χ2v) is 10.7. The Morgan fingerprint density at radius 3 is 2.42 bits per heavy atom. The molecule has 2 aromatic carbocycles. The third-order valence-electron chi connectivity index (χ3n) is 6.33. The molecule has 0 atom stereocenters. The van der Waals surface area contributed by atoms with E-state index in [1.807, 2.05) is 44.2 Å². The fraction of sp³-hybridized carbons (Fsp3) is 0.433. The number of aryl methyl sites for hydroxylation is 2. The first-order chi connectivity index (χ1) is 18.0. The lowest BCUT2D eigenvalue weighted by Gasteiger charge is -2.23. The summed E-state index contributed by atoms with van der Waals surface area (Å²) in [6.45, 7) is 12.8. The van der Waals surface area contributed by atoms with Crippen molar-refractivity contribution in [1.82, 2.24) is 14.7 Å². The van der Waals surface area contributed by atoms with Gasteiger partial charge in [0, 0.05) is 18.0 Å². The van der Waals surface area contributed by atoms with Crippen LogP contribution in [0.15, 0.2) is 48.5 Å². The topological polar surface area (TPSA) is 88.5 Å². The van der Waals surface area contributed by atoms with Crippen molar-refractivity contribution in [3.05, 3.63) is 65.4 Å². The molecule has 0 spiro atoms. The van der Waals surface area contributed by atoms with Crippen molar-refractivity contribution in [2.45, 2.75) is 66.2 Å². The molecule has 3 amide bonds. The lowest BCUT2D eigenvalue weighted by atomic mass is 9.92. The number of hydrogen-bond acceptors (Lipinski definition) is 4. The Balaban J connectivity index is 1.85. The average molecular weight is 520 g/mol. The minimum Gasteiger partial charge on any atom is -0.495 e. The lowest BCUT2D eigenvalue weighted by Crippen LogP contribution is -2.41. The number of rotatable bonds is 10. The number of nitrogens with one attached hydrogen (secondary N) is 2. The van der Waals surface area contributed by atoms with Gasteiger partial charge in [0.25, 0.3) is 0 Å². The van der Waals surface area contributed by atoms with Gasteiger partial charge < -0.3 is 20.3 Å². The molecule has 0 unspecified atom stereocenters. The second kappa shape index (κ2) is 12.6. The van der Waals surface area contributed by atoms with E-state index >= 15 is 0 Å². The van der Waals surface area contributed by atoms with Crippen LogP contribution in [0.1, 0.15) is 63.8 Å². The van der Waals surface area contributed by atoms with Gasteiger partial charge in [-0.05, 0) is 44.0 Å². The van der Waals surface area contributed by atoms with E-state index in [0.717, 1.165) is 41.8 Å². The predicted octanol–water partition coefficient (Wildman–Crippen LogP) is 6.46. The zero-order valence-electron chi connectivity index (χ0n) is 23.7. The number of carbonyl (C=O) groups excluding carboxylic acids is 2. The van der Waals surface area contributed by atoms with Gasteiger partial charge in [0.1, 0.15) is 18.1 Å². The fourth-order valence-corrected chi connectivity index (χ4v) is 4.17. The number of hydrogen-bond donors (Lipinski definition) is 2. The Labute approximate surface area is 226 Å². The Bertz CT molecular complexity index is 1260. The van der Waals surface area contributed by atoms with Crippen molar-refractivity contribution in [2.75, 3.05) is 30.8 Å². The average Bonchev–Trinajstić information content (AvgIpc) is 3.27. The van der Waals surface area contributed by atoms with Crippen LogP contribution in [0.5, 0.6) is 5.75 Å². The summed E-state index contributed by atoms with van der Waals surface area (Å²) in [5.41, 5.74) is 4.33. The van der Waals surface area contributed by atoms with Crippen molar-refractivity contribution in [2.24, 2.45) is 0 Å². The molecule has 1 heterocycles. The zero-order valence-corrected chi connectivity index (χ0v) is 23.7. The van der Waals surface area contributed by atoms with Gasteiger partial charge in [-0.15, -0.1) is 0 Å². The third kappa shape index (κ3) is 7.37. The van der Waals surface area contributed by atoms with Gasteiger partial charge in [-0.1, -0.05) is 70.4 Å². The molecule has 1 aromatic heterocycles. The minimum atomic E-state index is -0.348. The summed E-state index contributed by atoms with van der Waals surface area (Å²) in [4.78, 5) is 28.1. The molecule has 0 aliphatic rings. The molecule has 3 rings (SSSR count). The van der Waals surface area contributed by atoms with Gasteiger partial charge in [0.05, 0.1) is 24.2 Å². The van der Waals surface area contributed by atoms with Crippen molar-refractivity contribution in [3.63, 3.8) is 0 Å². The number of aromatic nitrogens is 2. The van der Waals surface area contributed by atoms with Gasteiger partial charge in [-0.25, -0.2) is 9.48 Å². The van der Waals surface area contributed by atoms with Crippen LogP contribution in [0.3, 0.4) is 0 Å². The Morgan fingerprint density at radius 1 is 1.03 bits per heavy atom. The van der Waals surface area contributed by atoms with Gasteiger partial charge in [-0.3, -0.25) is 4.79 Å². The number of benzene rings is 2. The van der Waals surface area contributed by atoms with E-state index in [1.165, 1.54) is 0 Å². The Morgan fingerprint density at radius 2 is 1.76 bits per heavy atom. The maximum absolute atomic E-state index is 13.3. The highest BCUT2D eigenvalue weighted by Crippen LogP contribution is 2.28. The largest absolute Gasteiger partial charge is 0.495 e. The summed E-state index contributed by atoms with van der Waals surface area (Å²) in [6, 6.07) is 14.9. The van der Waals surface area contributed by atoms with Crippen LogP contribution in [-0.4, -0.2) is 46.8 Å². The van der Waals surface area contributed by atoms with Crippen LogP contribution in [0.4, 0.5) is 16.3 Å². The number of carbonyl (C=O) groups is 2. The normalized spacial score (nSPS) is 11.2. The molecule has 0 fully saturated rings. The maximum atomic E-state index is 13.3. The standard InChI is InChI=1S/C30H41N5O3/c1-8-9-12-17-34(29(37)31-23-13-10-11-14-25(23)38-7)20-28(36)32-27-19-26(30(4,5)6)33-35(27)24-16-15-21(2)18-22(24)3/h10-11,13-16,18-19H,8-9,12,17,20H2,1-7H3,(H,31,37)(H,32,36). The quantitative estimate of drug-likeness (QED) is 0.301. The molecule has 0 bridgehead atoms. The zero-order chi connectivity index (χ0) is 27.9. The molecule has 8 heteroatoms. The predicted molar refractivity (Wildman–Crippen MR) is 153 cm³/mol. The molecule has 3 aromatic rings. The number of anilines is 2. The van der Waals surface area contributed by atoms with E-state index in [-0.39, 0.29) is 23.9 Å². The number of para-hydroxylation sites is 2. The molecular formula is C30H41N5O3. The molecule has 2 N–H and O–H groups in total. The number of methoxy groups -OCH3 is 1. The van der Waals surface area contributed by atoms with E-state index in [1.54, 1.807) is 28.8 Å². The summed E-state index contributed by atoms with van der Waals surface area (Å²) >= 11 is 0. The van der Waals surface area contributed by atoms with Crippen molar-refractivity contribution < 1.29 is 14.3 Å². The number of ether oxygens (including phenoxy) is 1. The molecular weight excluding hydrogens is 478 g/mol. The molecule has 0 aliphatic heterocycles. The first-order valence-electron chi connectivity index (χ1n) is 13.2. The molecule has 0 radical (unpaired) electrons. The smallest absolute Gasteiger partial charge is 0.322 e. The highest BCUT2D eigenvalue weighted by molar-refractivity contribution is 5.97. The first kappa shape index (κ1) is 28.8. The summed E-state index contributed by atoms with van der Waals surface area (Å²) in [5.74, 6) is 0.847. The van der Waals surface area contributed by atoms with Crippen LogP contribution in [0.2, 0.25) is 0 Å². The molecule has 38 heavy (non-hydrogen) atoms. The number of nitrogens with zero attached hydrogens (tertiary/aromatic N) is 3. The van der Waals surface area contributed by atoms with E-state index in [4.69, 9.17) is 9.84 Å². The lowest BCUT2D eigenvalue weighted by molar-refractivity contribution is -0.116. The van der Waals surface area contributed by atoms with Crippen LogP contribution in [-0.2, 0) is 10.2 Å². The van der Waals surface area contributed by atoms with Crippen LogP contribution in [0, 0.1) is 13.8 Å². The summed E-state index contributed by atoms with van der Waals surface area (Å²) in [6.07, 6.45) is 2.78. The second-order valence-electron chi connectivity index (χ2n) is 10.7. The van der Waals surface area contributed by atoms with Gasteiger partial charge in [0.15, 0.2) is 0 Å². The molecule has 204 valence electrons. The monoisotopic (exact) mass is 519 g/mol. The highest BCUT2D eigenvalue weighted by Gasteiger charge is 2.24. The van der Waals surface area contributed by atoms with E-state index in [2.05, 4.69) is 44.4 Å². The van der Waals surface area contributed by atoms with Crippen molar-refractivity contribution >= 4 is 23.4 Å². The Kier molecular flexibility index (Phi) is 9.55. The van der Waals surface area contributed by atoms with Crippen LogP contribution in [0.25, 0.3) is 5.69 Å². The van der Waals surface area contributed by atoms with E-state index < -0.39 is 0 Å². The molecule has 0 aliphatic carbocycles. The highest BCUT2D eigenvalue weighted by atomic mass is 16.5. The van der Waals surface area contributed by atoms with Crippen LogP contribution >= 0.6 is 0 Å². The molecule has 8 nitrogen and oxygen atoms in total. The fourth-order valence-electron chi connectivity index (χ4n) is 4.17. The van der Waals surface area contributed by atoms with Gasteiger partial charge in [-0.2, -0.15) is 5.10 Å². The summed E-state index contributed by atoms with van der Waals surface area (Å²) < 4.78 is 7.15. The molecule has 0 saturated carbocycles. The first-order valence-corrected chi connectivity index (χ1v) is 13.2. The maximum Gasteiger partial charge on any atom is 0.322 e. The summed E-state index contributed by atoms with van der Waals surface area (Å²) in [5, 5.41) is 10.8. The third-order valence-corrected chi connectivity index (χ3v) is 6.33. The van der Waals surface area contributed by atoms with E-state index in [0.29, 0.717) is 23.8 Å². The van der Waals surface area contributed by atoms with Crippen LogP contribution < -0.4 is 15.4 Å². The van der Waals surface area contributed by atoms with E-state index in [9.17, 15) is 9.59 Å². The summed E-state index contributed by atoms with van der Waals surface area (Å²) in [7, 11) is 1.56. The number of unbranched alkanes of at least 4 members (excludes halogenated alkanes) is 2. The van der Waals surface area contributed by atoms with Gasteiger partial charge in [0.2, 0.25) is 5.91 Å². The SMILES string of the molecule is CCCCCN(CC(=O)Nc1cc(C(C)(C)C)nn1-c1ccc(C)cc1C)C(=O)Nc1ccccc1OC.